The maximum absolute atomic E-state index is 12.2. The Labute approximate surface area is 124 Å². The highest BCUT2D eigenvalue weighted by Gasteiger charge is 2.36. The van der Waals surface area contributed by atoms with Crippen molar-refractivity contribution in [3.63, 3.8) is 0 Å². The molecule has 0 aromatic heterocycles. The number of fused-ring (bicyclic) bond motifs is 1. The number of nitrogens with one attached hydrogen (secondary N) is 1. The van der Waals surface area contributed by atoms with E-state index in [4.69, 9.17) is 5.11 Å². The van der Waals surface area contributed by atoms with Gasteiger partial charge in [0.05, 0.1) is 0 Å². The van der Waals surface area contributed by atoms with Gasteiger partial charge in [-0.3, -0.25) is 19.8 Å². The fourth-order valence-corrected chi connectivity index (χ4v) is 3.12. The lowest BCUT2D eigenvalue weighted by atomic mass is 10.1. The molecule has 7 nitrogen and oxygen atoms in total. The molecule has 0 spiro atoms. The number of carbonyl (C=O) groups is 3. The molecule has 2 aliphatic rings. The molecule has 2 fully saturated rings. The van der Waals surface area contributed by atoms with Gasteiger partial charge in [0.25, 0.3) is 0 Å². The third-order valence-corrected chi connectivity index (χ3v) is 4.24. The van der Waals surface area contributed by atoms with Crippen molar-refractivity contribution < 1.29 is 19.5 Å². The van der Waals surface area contributed by atoms with Gasteiger partial charge in [-0.15, -0.1) is 0 Å². The minimum atomic E-state index is -0.930. The van der Waals surface area contributed by atoms with Crippen LogP contribution < -0.4 is 5.32 Å². The number of rotatable bonds is 4. The summed E-state index contributed by atoms with van der Waals surface area (Å²) in [4.78, 5) is 38.3. The second kappa shape index (κ2) is 6.89. The number of urea groups is 1. The maximum atomic E-state index is 12.2. The summed E-state index contributed by atoms with van der Waals surface area (Å²) in [7, 11) is 0. The van der Waals surface area contributed by atoms with Crippen molar-refractivity contribution in [3.8, 4) is 0 Å². The van der Waals surface area contributed by atoms with Gasteiger partial charge in [0.15, 0.2) is 0 Å². The van der Waals surface area contributed by atoms with Gasteiger partial charge in [0.2, 0.25) is 5.91 Å². The van der Waals surface area contributed by atoms with Gasteiger partial charge in [-0.05, 0) is 32.7 Å². The summed E-state index contributed by atoms with van der Waals surface area (Å²) in [6, 6.07) is 0.148. The highest BCUT2D eigenvalue weighted by molar-refractivity contribution is 5.94. The van der Waals surface area contributed by atoms with Crippen LogP contribution in [0.5, 0.6) is 0 Å². The van der Waals surface area contributed by atoms with E-state index in [1.54, 1.807) is 4.90 Å². The van der Waals surface area contributed by atoms with Crippen LogP contribution in [0.25, 0.3) is 0 Å². The molecule has 2 saturated heterocycles. The molecule has 0 radical (unpaired) electrons. The number of aliphatic carboxylic acids is 1. The topological polar surface area (TPSA) is 90.0 Å². The van der Waals surface area contributed by atoms with Gasteiger partial charge in [0, 0.05) is 38.0 Å². The number of hydrogen-bond donors (Lipinski definition) is 2. The quantitative estimate of drug-likeness (QED) is 0.795. The van der Waals surface area contributed by atoms with Crippen LogP contribution in [0.3, 0.4) is 0 Å². The highest BCUT2D eigenvalue weighted by Crippen LogP contribution is 2.24. The number of carbonyl (C=O) groups excluding carboxylic acids is 2. The van der Waals surface area contributed by atoms with E-state index in [1.165, 1.54) is 6.42 Å². The Kier molecular flexibility index (Phi) is 5.17. The predicted octanol–water partition coefficient (Wildman–Crippen LogP) is 0.646. The molecule has 2 atom stereocenters. The first-order chi connectivity index (χ1) is 9.97. The second-order valence-corrected chi connectivity index (χ2v) is 5.89. The molecular weight excluding hydrogens is 274 g/mol. The van der Waals surface area contributed by atoms with Gasteiger partial charge in [-0.1, -0.05) is 0 Å². The summed E-state index contributed by atoms with van der Waals surface area (Å²) in [6.07, 6.45) is 2.53. The molecule has 2 unspecified atom stereocenters. The molecule has 2 heterocycles. The van der Waals surface area contributed by atoms with Crippen molar-refractivity contribution >= 4 is 17.9 Å². The van der Waals surface area contributed by atoms with E-state index in [1.807, 2.05) is 6.92 Å². The standard InChI is InChI=1S/C14H23N3O4/c1-10-8-16-7-3-4-11(16)9-17(10)14(21)15-12(18)5-2-6-13(19)20/h10-11H,2-9H2,1H3,(H,19,20)(H,15,18,21). The van der Waals surface area contributed by atoms with E-state index >= 15 is 0 Å². The molecule has 0 saturated carbocycles. The minimum absolute atomic E-state index is 0.0568. The Balaban J connectivity index is 1.79. The lowest BCUT2D eigenvalue weighted by Gasteiger charge is -2.42. The van der Waals surface area contributed by atoms with Crippen molar-refractivity contribution in [2.24, 2.45) is 0 Å². The Hall–Kier alpha value is -1.63. The molecule has 21 heavy (non-hydrogen) atoms. The Morgan fingerprint density at radius 3 is 2.71 bits per heavy atom. The first kappa shape index (κ1) is 15.8. The number of amides is 3. The van der Waals surface area contributed by atoms with Crippen LogP contribution in [0.4, 0.5) is 4.79 Å². The van der Waals surface area contributed by atoms with Gasteiger partial charge < -0.3 is 10.0 Å². The molecule has 0 aromatic rings. The average Bonchev–Trinajstić information content (AvgIpc) is 2.84. The van der Waals surface area contributed by atoms with Crippen LogP contribution in [0.1, 0.15) is 39.0 Å². The van der Waals surface area contributed by atoms with Crippen LogP contribution in [-0.4, -0.2) is 64.5 Å². The lowest BCUT2D eigenvalue weighted by molar-refractivity contribution is -0.137. The van der Waals surface area contributed by atoms with Gasteiger partial charge in [-0.25, -0.2) is 4.79 Å². The van der Waals surface area contributed by atoms with Crippen LogP contribution >= 0.6 is 0 Å². The van der Waals surface area contributed by atoms with Crippen LogP contribution in [-0.2, 0) is 9.59 Å². The monoisotopic (exact) mass is 297 g/mol. The van der Waals surface area contributed by atoms with Gasteiger partial charge in [-0.2, -0.15) is 0 Å². The van der Waals surface area contributed by atoms with E-state index < -0.39 is 11.9 Å². The third-order valence-electron chi connectivity index (χ3n) is 4.24. The van der Waals surface area contributed by atoms with E-state index in [2.05, 4.69) is 10.2 Å². The number of carboxylic acid groups (broad SMARTS) is 1. The van der Waals surface area contributed by atoms with Crippen molar-refractivity contribution in [1.82, 2.24) is 15.1 Å². The third kappa shape index (κ3) is 4.17. The summed E-state index contributed by atoms with van der Waals surface area (Å²) in [5, 5.41) is 10.9. The van der Waals surface area contributed by atoms with Crippen molar-refractivity contribution in [2.75, 3.05) is 19.6 Å². The van der Waals surface area contributed by atoms with Crippen molar-refractivity contribution in [1.29, 1.82) is 0 Å². The smallest absolute Gasteiger partial charge is 0.324 e. The number of hydrogen-bond acceptors (Lipinski definition) is 4. The zero-order valence-corrected chi connectivity index (χ0v) is 12.4. The van der Waals surface area contributed by atoms with E-state index in [0.717, 1.165) is 19.5 Å². The zero-order chi connectivity index (χ0) is 15.4. The van der Waals surface area contributed by atoms with Gasteiger partial charge >= 0.3 is 12.0 Å². The summed E-state index contributed by atoms with van der Waals surface area (Å²) < 4.78 is 0. The number of carboxylic acids is 1. The molecule has 2 rings (SSSR count). The zero-order valence-electron chi connectivity index (χ0n) is 12.4. The normalized spacial score (nSPS) is 25.5. The van der Waals surface area contributed by atoms with Crippen molar-refractivity contribution in [2.45, 2.75) is 51.1 Å². The maximum Gasteiger partial charge on any atom is 0.324 e. The molecule has 0 bridgehead atoms. The van der Waals surface area contributed by atoms with E-state index in [9.17, 15) is 14.4 Å². The SMILES string of the molecule is CC1CN2CCCC2CN1C(=O)NC(=O)CCCC(=O)O. The predicted molar refractivity (Wildman–Crippen MR) is 75.8 cm³/mol. The molecule has 7 heteroatoms. The molecule has 2 aliphatic heterocycles. The second-order valence-electron chi connectivity index (χ2n) is 5.89. The highest BCUT2D eigenvalue weighted by atomic mass is 16.4. The fourth-order valence-electron chi connectivity index (χ4n) is 3.12. The summed E-state index contributed by atoms with van der Waals surface area (Å²) in [6.45, 7) is 4.60. The number of piperazine rings is 1. The Morgan fingerprint density at radius 2 is 2.00 bits per heavy atom. The van der Waals surface area contributed by atoms with Gasteiger partial charge in [0.1, 0.15) is 0 Å². The first-order valence-electron chi connectivity index (χ1n) is 7.53. The van der Waals surface area contributed by atoms with Crippen LogP contribution in [0.2, 0.25) is 0 Å². The molecular formula is C14H23N3O4. The number of imide groups is 1. The van der Waals surface area contributed by atoms with Crippen molar-refractivity contribution in [3.05, 3.63) is 0 Å². The van der Waals surface area contributed by atoms with E-state index in [0.29, 0.717) is 12.6 Å². The van der Waals surface area contributed by atoms with E-state index in [-0.39, 0.29) is 31.3 Å². The average molecular weight is 297 g/mol. The summed E-state index contributed by atoms with van der Waals surface area (Å²) in [5.41, 5.74) is 0. The fraction of sp³-hybridized carbons (Fsp3) is 0.786. The summed E-state index contributed by atoms with van der Waals surface area (Å²) in [5.74, 6) is -1.33. The molecule has 3 amide bonds. The molecule has 0 aromatic carbocycles. The molecule has 0 aliphatic carbocycles. The van der Waals surface area contributed by atoms with Crippen LogP contribution in [0.15, 0.2) is 0 Å². The lowest BCUT2D eigenvalue weighted by Crippen LogP contribution is -2.59. The molecule has 118 valence electrons. The number of nitrogens with zero attached hydrogens (tertiary/aromatic N) is 2. The molecule has 2 N–H and O–H groups in total. The Morgan fingerprint density at radius 1 is 1.24 bits per heavy atom. The first-order valence-corrected chi connectivity index (χ1v) is 7.53. The largest absolute Gasteiger partial charge is 0.481 e. The Bertz CT molecular complexity index is 426. The summed E-state index contributed by atoms with van der Waals surface area (Å²) >= 11 is 0. The minimum Gasteiger partial charge on any atom is -0.481 e. The van der Waals surface area contributed by atoms with Crippen LogP contribution in [0, 0.1) is 0 Å².